The number of halogens is 2. The number of aryl methyl sites for hydroxylation is 1. The quantitative estimate of drug-likeness (QED) is 0.842. The molecule has 1 N–H and O–H groups in total. The molecule has 5 heteroatoms. The van der Waals surface area contributed by atoms with Gasteiger partial charge in [-0.2, -0.15) is 0 Å². The number of thiazole rings is 1. The Kier molecular flexibility index (Phi) is 2.53. The number of nitrogens with zero attached hydrogens (tertiary/aromatic N) is 1. The SMILES string of the molecule is Cc1cnc(CNC2CC(F)(F)C2)s1. The Morgan fingerprint density at radius 2 is 2.36 bits per heavy atom. The maximum atomic E-state index is 12.5. The minimum Gasteiger partial charge on any atom is -0.307 e. The van der Waals surface area contributed by atoms with Crippen LogP contribution >= 0.6 is 11.3 Å². The molecule has 1 aliphatic carbocycles. The van der Waals surface area contributed by atoms with Crippen LogP contribution < -0.4 is 5.32 Å². The summed E-state index contributed by atoms with van der Waals surface area (Å²) in [5.74, 6) is -2.43. The molecule has 0 aliphatic heterocycles. The van der Waals surface area contributed by atoms with Crippen LogP contribution in [-0.2, 0) is 6.54 Å². The summed E-state index contributed by atoms with van der Waals surface area (Å²) in [6.45, 7) is 2.60. The fourth-order valence-electron chi connectivity index (χ4n) is 1.52. The van der Waals surface area contributed by atoms with Crippen molar-refractivity contribution in [1.29, 1.82) is 0 Å². The molecule has 1 aromatic rings. The van der Waals surface area contributed by atoms with Crippen molar-refractivity contribution in [2.75, 3.05) is 0 Å². The third-order valence-corrected chi connectivity index (χ3v) is 3.21. The lowest BCUT2D eigenvalue weighted by Crippen LogP contribution is -2.48. The van der Waals surface area contributed by atoms with E-state index in [2.05, 4.69) is 10.3 Å². The van der Waals surface area contributed by atoms with Crippen molar-refractivity contribution >= 4 is 11.3 Å². The van der Waals surface area contributed by atoms with Gasteiger partial charge in [-0.15, -0.1) is 11.3 Å². The molecule has 0 unspecified atom stereocenters. The summed E-state index contributed by atoms with van der Waals surface area (Å²) in [6, 6.07) is -0.0331. The minimum atomic E-state index is -2.43. The van der Waals surface area contributed by atoms with Gasteiger partial charge in [-0.1, -0.05) is 0 Å². The molecule has 0 saturated heterocycles. The average Bonchev–Trinajstić information content (AvgIpc) is 2.44. The molecule has 1 saturated carbocycles. The van der Waals surface area contributed by atoms with Gasteiger partial charge in [0.15, 0.2) is 0 Å². The van der Waals surface area contributed by atoms with E-state index < -0.39 is 5.92 Å². The second kappa shape index (κ2) is 3.55. The molecule has 1 aliphatic rings. The van der Waals surface area contributed by atoms with Crippen molar-refractivity contribution in [2.24, 2.45) is 0 Å². The van der Waals surface area contributed by atoms with Gasteiger partial charge in [0.1, 0.15) is 5.01 Å². The van der Waals surface area contributed by atoms with E-state index in [1.807, 2.05) is 6.92 Å². The molecule has 2 nitrogen and oxygen atoms in total. The first kappa shape index (κ1) is 9.98. The molecular weight excluding hydrogens is 206 g/mol. The summed E-state index contributed by atoms with van der Waals surface area (Å²) < 4.78 is 24.9. The van der Waals surface area contributed by atoms with E-state index in [9.17, 15) is 8.78 Å². The van der Waals surface area contributed by atoms with Gasteiger partial charge in [0.2, 0.25) is 0 Å². The zero-order valence-corrected chi connectivity index (χ0v) is 8.70. The topological polar surface area (TPSA) is 24.9 Å². The number of hydrogen-bond donors (Lipinski definition) is 1. The molecule has 2 rings (SSSR count). The highest BCUT2D eigenvalue weighted by Crippen LogP contribution is 2.37. The smallest absolute Gasteiger partial charge is 0.251 e. The fraction of sp³-hybridized carbons (Fsp3) is 0.667. The first-order chi connectivity index (χ1) is 6.55. The van der Waals surface area contributed by atoms with Gasteiger partial charge in [-0.3, -0.25) is 0 Å². The van der Waals surface area contributed by atoms with Crippen LogP contribution in [0.1, 0.15) is 22.7 Å². The highest BCUT2D eigenvalue weighted by Gasteiger charge is 2.44. The van der Waals surface area contributed by atoms with Crippen molar-refractivity contribution < 1.29 is 8.78 Å². The van der Waals surface area contributed by atoms with Gasteiger partial charge < -0.3 is 5.32 Å². The predicted molar refractivity (Wildman–Crippen MR) is 51.7 cm³/mol. The normalized spacial score (nSPS) is 20.8. The summed E-state index contributed by atoms with van der Waals surface area (Å²) in [5.41, 5.74) is 0. The molecule has 0 aromatic carbocycles. The molecule has 0 spiro atoms. The Morgan fingerprint density at radius 1 is 1.64 bits per heavy atom. The lowest BCUT2D eigenvalue weighted by molar-refractivity contribution is -0.0930. The van der Waals surface area contributed by atoms with Gasteiger partial charge in [-0.05, 0) is 6.92 Å². The standard InChI is InChI=1S/C9H12F2N2S/c1-6-4-13-8(14-6)5-12-7-2-9(10,11)3-7/h4,7,12H,2-3,5H2,1H3. The third-order valence-electron chi connectivity index (χ3n) is 2.30. The molecule has 0 amide bonds. The summed E-state index contributed by atoms with van der Waals surface area (Å²) in [6.07, 6.45) is 1.74. The van der Waals surface area contributed by atoms with E-state index in [1.54, 1.807) is 17.5 Å². The first-order valence-corrected chi connectivity index (χ1v) is 5.39. The van der Waals surface area contributed by atoms with Crippen LogP contribution in [0.3, 0.4) is 0 Å². The van der Waals surface area contributed by atoms with E-state index >= 15 is 0 Å². The predicted octanol–water partition coefficient (Wildman–Crippen LogP) is 2.34. The summed E-state index contributed by atoms with van der Waals surface area (Å²) >= 11 is 1.60. The zero-order chi connectivity index (χ0) is 10.2. The number of alkyl halides is 2. The third kappa shape index (κ3) is 2.27. The lowest BCUT2D eigenvalue weighted by Gasteiger charge is -2.35. The highest BCUT2D eigenvalue weighted by molar-refractivity contribution is 7.11. The van der Waals surface area contributed by atoms with Crippen molar-refractivity contribution in [3.63, 3.8) is 0 Å². The van der Waals surface area contributed by atoms with Crippen LogP contribution in [0.15, 0.2) is 6.20 Å². The van der Waals surface area contributed by atoms with Gasteiger partial charge in [0.05, 0.1) is 0 Å². The van der Waals surface area contributed by atoms with E-state index in [1.165, 1.54) is 0 Å². The van der Waals surface area contributed by atoms with Crippen LogP contribution in [0.4, 0.5) is 8.78 Å². The summed E-state index contributed by atoms with van der Waals surface area (Å²) in [7, 11) is 0. The molecule has 1 aromatic heterocycles. The molecule has 78 valence electrons. The molecule has 1 fully saturated rings. The monoisotopic (exact) mass is 218 g/mol. The van der Waals surface area contributed by atoms with Crippen LogP contribution in [0.5, 0.6) is 0 Å². The number of rotatable bonds is 3. The highest BCUT2D eigenvalue weighted by atomic mass is 32.1. The Morgan fingerprint density at radius 3 is 2.86 bits per heavy atom. The van der Waals surface area contributed by atoms with E-state index in [-0.39, 0.29) is 18.9 Å². The number of aromatic nitrogens is 1. The molecule has 14 heavy (non-hydrogen) atoms. The summed E-state index contributed by atoms with van der Waals surface area (Å²) in [4.78, 5) is 5.30. The molecular formula is C9H12F2N2S. The van der Waals surface area contributed by atoms with Gasteiger partial charge in [0.25, 0.3) is 5.92 Å². The first-order valence-electron chi connectivity index (χ1n) is 4.58. The lowest BCUT2D eigenvalue weighted by atomic mass is 9.88. The minimum absolute atomic E-state index is 0.0304. The molecule has 0 radical (unpaired) electrons. The Bertz CT molecular complexity index is 316. The number of nitrogens with one attached hydrogen (secondary N) is 1. The second-order valence-corrected chi connectivity index (χ2v) is 5.03. The van der Waals surface area contributed by atoms with Gasteiger partial charge >= 0.3 is 0 Å². The Labute approximate surface area is 85.4 Å². The van der Waals surface area contributed by atoms with Crippen LogP contribution in [-0.4, -0.2) is 16.9 Å². The maximum absolute atomic E-state index is 12.5. The van der Waals surface area contributed by atoms with Gasteiger partial charge in [-0.25, -0.2) is 13.8 Å². The van der Waals surface area contributed by atoms with Crippen LogP contribution in [0.2, 0.25) is 0 Å². The maximum Gasteiger partial charge on any atom is 0.251 e. The van der Waals surface area contributed by atoms with E-state index in [0.717, 1.165) is 9.88 Å². The van der Waals surface area contributed by atoms with Gasteiger partial charge in [0, 0.05) is 36.5 Å². The molecule has 1 heterocycles. The van der Waals surface area contributed by atoms with Crippen molar-refractivity contribution in [2.45, 2.75) is 38.3 Å². The molecule has 0 bridgehead atoms. The van der Waals surface area contributed by atoms with E-state index in [0.29, 0.717) is 6.54 Å². The Hall–Kier alpha value is -0.550. The largest absolute Gasteiger partial charge is 0.307 e. The van der Waals surface area contributed by atoms with Crippen LogP contribution in [0.25, 0.3) is 0 Å². The van der Waals surface area contributed by atoms with Crippen molar-refractivity contribution in [3.05, 3.63) is 16.1 Å². The van der Waals surface area contributed by atoms with Crippen molar-refractivity contribution in [3.8, 4) is 0 Å². The summed E-state index contributed by atoms with van der Waals surface area (Å²) in [5, 5.41) is 4.04. The Balaban J connectivity index is 1.74. The average molecular weight is 218 g/mol. The van der Waals surface area contributed by atoms with Crippen LogP contribution in [0, 0.1) is 6.92 Å². The zero-order valence-electron chi connectivity index (χ0n) is 7.89. The molecule has 0 atom stereocenters. The number of hydrogen-bond acceptors (Lipinski definition) is 3. The fourth-order valence-corrected chi connectivity index (χ4v) is 2.26. The second-order valence-electron chi connectivity index (χ2n) is 3.71. The van der Waals surface area contributed by atoms with Crippen molar-refractivity contribution in [1.82, 2.24) is 10.3 Å². The van der Waals surface area contributed by atoms with E-state index in [4.69, 9.17) is 0 Å².